The minimum atomic E-state index is -0.581. The number of H-pyrrole nitrogens is 1. The topological polar surface area (TPSA) is 123 Å². The molecule has 3 aromatic rings. The molecule has 180 valence electrons. The molecule has 9 nitrogen and oxygen atoms in total. The molecule has 1 aromatic heterocycles. The molecule has 9 heteroatoms. The maximum atomic E-state index is 12.3. The van der Waals surface area contributed by atoms with Gasteiger partial charge in [-0.3, -0.25) is 9.89 Å². The number of carbonyl (C=O) groups is 1. The zero-order chi connectivity index (χ0) is 24.4. The summed E-state index contributed by atoms with van der Waals surface area (Å²) in [6.07, 6.45) is 0. The number of aryl methyl sites for hydroxylation is 3. The number of aromatic amines is 1. The number of aromatic hydroxyl groups is 1. The Hall–Kier alpha value is -3.72. The van der Waals surface area contributed by atoms with Crippen LogP contribution in [0.25, 0.3) is 0 Å². The molecule has 0 aliphatic carbocycles. The van der Waals surface area contributed by atoms with E-state index in [4.69, 9.17) is 5.73 Å². The predicted octanol–water partition coefficient (Wildman–Crippen LogP) is 3.25. The van der Waals surface area contributed by atoms with Crippen LogP contribution in [-0.4, -0.2) is 59.3 Å². The normalized spacial score (nSPS) is 14.3. The summed E-state index contributed by atoms with van der Waals surface area (Å²) >= 11 is 0. The Morgan fingerprint density at radius 3 is 2.38 bits per heavy atom. The van der Waals surface area contributed by atoms with Crippen LogP contribution in [0.5, 0.6) is 5.75 Å². The lowest BCUT2D eigenvalue weighted by molar-refractivity contribution is 0.100. The quantitative estimate of drug-likeness (QED) is 0.364. The highest BCUT2D eigenvalue weighted by Crippen LogP contribution is 2.29. The van der Waals surface area contributed by atoms with Crippen molar-refractivity contribution in [1.29, 1.82) is 0 Å². The predicted molar refractivity (Wildman–Crippen MR) is 136 cm³/mol. The first-order valence-corrected chi connectivity index (χ1v) is 11.4. The Labute approximate surface area is 200 Å². The van der Waals surface area contributed by atoms with E-state index in [1.54, 1.807) is 0 Å². The van der Waals surface area contributed by atoms with Crippen LogP contribution in [0.2, 0.25) is 0 Å². The van der Waals surface area contributed by atoms with Crippen molar-refractivity contribution in [3.05, 3.63) is 58.1 Å². The van der Waals surface area contributed by atoms with E-state index in [0.29, 0.717) is 23.9 Å². The van der Waals surface area contributed by atoms with Gasteiger partial charge in [-0.1, -0.05) is 12.1 Å². The highest BCUT2D eigenvalue weighted by Gasteiger charge is 2.20. The van der Waals surface area contributed by atoms with Crippen LogP contribution in [-0.2, 0) is 6.54 Å². The number of benzene rings is 2. The van der Waals surface area contributed by atoms with Crippen LogP contribution >= 0.6 is 0 Å². The van der Waals surface area contributed by atoms with E-state index in [1.165, 1.54) is 5.69 Å². The molecule has 0 spiro atoms. The van der Waals surface area contributed by atoms with Crippen molar-refractivity contribution >= 4 is 28.9 Å². The van der Waals surface area contributed by atoms with Gasteiger partial charge < -0.3 is 31.3 Å². The first-order chi connectivity index (χ1) is 16.2. The molecule has 1 saturated heterocycles. The number of nitrogens with one attached hydrogen (secondary N) is 3. The van der Waals surface area contributed by atoms with E-state index >= 15 is 0 Å². The summed E-state index contributed by atoms with van der Waals surface area (Å²) in [5.41, 5.74) is 11.8. The fraction of sp³-hybridized carbons (Fsp3) is 0.360. The number of nitrogens with zero attached hydrogens (tertiary/aromatic N) is 3. The van der Waals surface area contributed by atoms with Gasteiger partial charge in [-0.2, -0.15) is 5.10 Å². The smallest absolute Gasteiger partial charge is 0.256 e. The number of hydrogen-bond donors (Lipinski definition) is 5. The largest absolute Gasteiger partial charge is 0.507 e. The molecule has 0 saturated carbocycles. The number of phenolic OH excluding ortho intramolecular Hbond substituents is 1. The van der Waals surface area contributed by atoms with Crippen LogP contribution in [0.1, 0.15) is 32.6 Å². The molecule has 4 rings (SSSR count). The Balaban J connectivity index is 1.50. The molecule has 1 aliphatic heterocycles. The van der Waals surface area contributed by atoms with Gasteiger partial charge in [-0.05, 0) is 68.3 Å². The number of nitrogens with two attached hydrogens (primary N) is 1. The molecule has 1 aliphatic rings. The summed E-state index contributed by atoms with van der Waals surface area (Å²) in [4.78, 5) is 17.0. The number of anilines is 4. The van der Waals surface area contributed by atoms with Crippen LogP contribution in [0.15, 0.2) is 30.3 Å². The third-order valence-electron chi connectivity index (χ3n) is 6.33. The lowest BCUT2D eigenvalue weighted by atomic mass is 10.1. The Morgan fingerprint density at radius 2 is 1.76 bits per heavy atom. The number of aromatic nitrogens is 2. The molecule has 0 bridgehead atoms. The summed E-state index contributed by atoms with van der Waals surface area (Å²) in [5.74, 6) is 0.535. The van der Waals surface area contributed by atoms with Crippen molar-refractivity contribution in [3.63, 3.8) is 0 Å². The number of carbonyl (C=O) groups excluding carboxylic acids is 1. The molecule has 2 heterocycles. The number of phenols is 1. The average Bonchev–Trinajstić information content (AvgIpc) is 3.19. The third kappa shape index (κ3) is 4.94. The highest BCUT2D eigenvalue weighted by atomic mass is 16.3. The van der Waals surface area contributed by atoms with Crippen LogP contribution in [0.3, 0.4) is 0 Å². The fourth-order valence-corrected chi connectivity index (χ4v) is 4.41. The number of likely N-dealkylation sites (N-methyl/N-ethyl adjacent to an activating group) is 1. The fourth-order valence-electron chi connectivity index (χ4n) is 4.41. The van der Waals surface area contributed by atoms with Gasteiger partial charge in [0.2, 0.25) is 0 Å². The molecular formula is C25H33N7O2. The second-order valence-corrected chi connectivity index (χ2v) is 9.03. The second-order valence-electron chi connectivity index (χ2n) is 9.03. The lowest BCUT2D eigenvalue weighted by Gasteiger charge is -2.35. The zero-order valence-corrected chi connectivity index (χ0v) is 20.2. The molecule has 0 radical (unpaired) electrons. The lowest BCUT2D eigenvalue weighted by Crippen LogP contribution is -2.44. The summed E-state index contributed by atoms with van der Waals surface area (Å²) in [7, 11) is 2.15. The molecular weight excluding hydrogens is 430 g/mol. The minimum absolute atomic E-state index is 0.271. The van der Waals surface area contributed by atoms with Crippen LogP contribution < -0.4 is 21.3 Å². The summed E-state index contributed by atoms with van der Waals surface area (Å²) in [6, 6.07) is 9.97. The number of amides is 1. The van der Waals surface area contributed by atoms with Crippen LogP contribution in [0.4, 0.5) is 23.0 Å². The van der Waals surface area contributed by atoms with Gasteiger partial charge in [0.15, 0.2) is 5.82 Å². The molecule has 2 aromatic carbocycles. The third-order valence-corrected chi connectivity index (χ3v) is 6.33. The van der Waals surface area contributed by atoms with Crippen molar-refractivity contribution in [2.45, 2.75) is 27.3 Å². The summed E-state index contributed by atoms with van der Waals surface area (Å²) in [5, 5.41) is 23.6. The van der Waals surface area contributed by atoms with Gasteiger partial charge >= 0.3 is 0 Å². The summed E-state index contributed by atoms with van der Waals surface area (Å²) < 4.78 is 0. The zero-order valence-electron chi connectivity index (χ0n) is 20.2. The first-order valence-electron chi connectivity index (χ1n) is 11.4. The van der Waals surface area contributed by atoms with Crippen molar-refractivity contribution in [1.82, 2.24) is 15.1 Å². The maximum absolute atomic E-state index is 12.3. The molecule has 0 unspecified atom stereocenters. The van der Waals surface area contributed by atoms with Crippen molar-refractivity contribution in [2.24, 2.45) is 5.73 Å². The van der Waals surface area contributed by atoms with E-state index in [1.807, 2.05) is 32.0 Å². The van der Waals surface area contributed by atoms with Gasteiger partial charge in [-0.25, -0.2) is 0 Å². The summed E-state index contributed by atoms with van der Waals surface area (Å²) in [6.45, 7) is 10.4. The SMILES string of the molecule is Cc1cc(Nc2[nH]nc(NCc3cc(C)c(O)c(C)c3)c2C(N)=O)ccc1N1CCN(C)CC1. The van der Waals surface area contributed by atoms with E-state index < -0.39 is 5.91 Å². The first kappa shape index (κ1) is 23.4. The van der Waals surface area contributed by atoms with Gasteiger partial charge in [0.1, 0.15) is 17.1 Å². The molecule has 0 atom stereocenters. The minimum Gasteiger partial charge on any atom is -0.507 e. The van der Waals surface area contributed by atoms with E-state index in [2.05, 4.69) is 56.7 Å². The monoisotopic (exact) mass is 463 g/mol. The second kappa shape index (κ2) is 9.64. The molecule has 1 fully saturated rings. The Kier molecular flexibility index (Phi) is 6.65. The van der Waals surface area contributed by atoms with E-state index in [0.717, 1.165) is 54.1 Å². The average molecular weight is 464 g/mol. The van der Waals surface area contributed by atoms with E-state index in [-0.39, 0.29) is 5.56 Å². The number of piperazine rings is 1. The highest BCUT2D eigenvalue weighted by molar-refractivity contribution is 6.03. The van der Waals surface area contributed by atoms with Gasteiger partial charge in [0, 0.05) is 44.1 Å². The van der Waals surface area contributed by atoms with E-state index in [9.17, 15) is 9.90 Å². The molecule has 1 amide bonds. The van der Waals surface area contributed by atoms with Gasteiger partial charge in [0.25, 0.3) is 5.91 Å². The number of rotatable bonds is 7. The van der Waals surface area contributed by atoms with Crippen molar-refractivity contribution in [3.8, 4) is 5.75 Å². The standard InChI is InChI=1S/C25H33N7O2/c1-15-13-19(5-6-20(15)32-9-7-31(4)8-10-32)28-25-21(23(26)34)24(29-30-25)27-14-18-11-16(2)22(33)17(3)12-18/h5-6,11-13,33H,7-10,14H2,1-4H3,(H2,26,34)(H3,27,28,29,30). The Morgan fingerprint density at radius 1 is 1.09 bits per heavy atom. The number of hydrogen-bond acceptors (Lipinski definition) is 7. The number of primary amides is 1. The van der Waals surface area contributed by atoms with Crippen molar-refractivity contribution < 1.29 is 9.90 Å². The molecule has 34 heavy (non-hydrogen) atoms. The van der Waals surface area contributed by atoms with Gasteiger partial charge in [-0.15, -0.1) is 0 Å². The van der Waals surface area contributed by atoms with Crippen molar-refractivity contribution in [2.75, 3.05) is 48.8 Å². The van der Waals surface area contributed by atoms with Gasteiger partial charge in [0.05, 0.1) is 0 Å². The maximum Gasteiger partial charge on any atom is 0.256 e. The molecule has 6 N–H and O–H groups in total. The van der Waals surface area contributed by atoms with Crippen LogP contribution in [0, 0.1) is 20.8 Å². The Bertz CT molecular complexity index is 1170.